The van der Waals surface area contributed by atoms with Gasteiger partial charge in [0.05, 0.1) is 6.26 Å². The Morgan fingerprint density at radius 2 is 2.22 bits per heavy atom. The van der Waals surface area contributed by atoms with Crippen LogP contribution in [0.1, 0.15) is 41.5 Å². The van der Waals surface area contributed by atoms with Gasteiger partial charge < -0.3 is 18.7 Å². The molecule has 4 rings (SSSR count). The quantitative estimate of drug-likeness (QED) is 0.788. The number of furan rings is 1. The summed E-state index contributed by atoms with van der Waals surface area (Å²) in [5.74, 6) is 1.36. The van der Waals surface area contributed by atoms with Crippen LogP contribution in [0.4, 0.5) is 0 Å². The molecule has 0 spiro atoms. The average molecular weight is 314 g/mol. The van der Waals surface area contributed by atoms with Gasteiger partial charge in [0.15, 0.2) is 23.7 Å². The van der Waals surface area contributed by atoms with Gasteiger partial charge in [0.25, 0.3) is 5.91 Å². The lowest BCUT2D eigenvalue weighted by Gasteiger charge is -2.39. The predicted octanol–water partition coefficient (Wildman–Crippen LogP) is 2.44. The van der Waals surface area contributed by atoms with Gasteiger partial charge in [-0.15, -0.1) is 0 Å². The van der Waals surface area contributed by atoms with Crippen LogP contribution >= 0.6 is 0 Å². The van der Waals surface area contributed by atoms with Crippen LogP contribution < -0.4 is 5.32 Å². The molecule has 0 saturated heterocycles. The summed E-state index contributed by atoms with van der Waals surface area (Å²) in [6.07, 6.45) is 5.22. The number of hydrogen-bond acceptors (Lipinski definition) is 7. The summed E-state index contributed by atoms with van der Waals surface area (Å²) in [5, 5.41) is 6.93. The Balaban J connectivity index is 1.62. The monoisotopic (exact) mass is 314 g/mol. The highest BCUT2D eigenvalue weighted by Crippen LogP contribution is 2.40. The zero-order valence-electron chi connectivity index (χ0n) is 12.4. The Kier molecular flexibility index (Phi) is 3.03. The second-order valence-electron chi connectivity index (χ2n) is 5.53. The van der Waals surface area contributed by atoms with Gasteiger partial charge in [-0.25, -0.2) is 4.98 Å². The lowest BCUT2D eigenvalue weighted by atomic mass is 9.76. The van der Waals surface area contributed by atoms with Crippen LogP contribution in [0.3, 0.4) is 0 Å². The van der Waals surface area contributed by atoms with Gasteiger partial charge in [0, 0.05) is 6.92 Å². The van der Waals surface area contributed by atoms with Crippen molar-refractivity contribution in [2.24, 2.45) is 0 Å². The summed E-state index contributed by atoms with van der Waals surface area (Å²) in [5.41, 5.74) is -0.430. The standard InChI is InChI=1S/C15H14N4O4/c1-9-17-14(19-23-9)15(5-3-6-15)18-13(20)11-12(22-8-16-11)10-4-2-7-21-10/h2,4,7-8H,3,5-6H2,1H3,(H,18,20). The Morgan fingerprint density at radius 3 is 2.83 bits per heavy atom. The molecule has 3 aromatic heterocycles. The molecule has 1 fully saturated rings. The van der Waals surface area contributed by atoms with E-state index in [1.54, 1.807) is 19.1 Å². The molecule has 3 heterocycles. The molecule has 1 saturated carbocycles. The van der Waals surface area contributed by atoms with E-state index in [0.717, 1.165) is 19.3 Å². The van der Waals surface area contributed by atoms with E-state index in [9.17, 15) is 4.79 Å². The predicted molar refractivity (Wildman–Crippen MR) is 76.2 cm³/mol. The third-order valence-corrected chi connectivity index (χ3v) is 4.04. The van der Waals surface area contributed by atoms with Crippen LogP contribution in [0, 0.1) is 6.92 Å². The highest BCUT2D eigenvalue weighted by molar-refractivity contribution is 5.97. The molecule has 0 unspecified atom stereocenters. The number of nitrogens with zero attached hydrogens (tertiary/aromatic N) is 3. The van der Waals surface area contributed by atoms with Gasteiger partial charge in [-0.3, -0.25) is 4.79 Å². The summed E-state index contributed by atoms with van der Waals surface area (Å²) < 4.78 is 15.6. The van der Waals surface area contributed by atoms with Crippen molar-refractivity contribution >= 4 is 5.91 Å². The number of aryl methyl sites for hydroxylation is 1. The van der Waals surface area contributed by atoms with Crippen molar-refractivity contribution in [3.8, 4) is 11.5 Å². The summed E-state index contributed by atoms with van der Waals surface area (Å²) >= 11 is 0. The van der Waals surface area contributed by atoms with E-state index in [-0.39, 0.29) is 11.6 Å². The van der Waals surface area contributed by atoms with Crippen molar-refractivity contribution in [2.45, 2.75) is 31.7 Å². The van der Waals surface area contributed by atoms with Crippen molar-refractivity contribution < 1.29 is 18.2 Å². The molecule has 0 aliphatic heterocycles. The lowest BCUT2D eigenvalue weighted by molar-refractivity contribution is 0.0800. The molecular formula is C15H14N4O4. The Morgan fingerprint density at radius 1 is 1.35 bits per heavy atom. The van der Waals surface area contributed by atoms with Crippen molar-refractivity contribution in [2.75, 3.05) is 0 Å². The number of carbonyl (C=O) groups excluding carboxylic acids is 1. The zero-order valence-corrected chi connectivity index (χ0v) is 12.4. The number of hydrogen-bond donors (Lipinski definition) is 1. The fraction of sp³-hybridized carbons (Fsp3) is 0.333. The molecular weight excluding hydrogens is 300 g/mol. The van der Waals surface area contributed by atoms with E-state index in [4.69, 9.17) is 13.4 Å². The zero-order chi connectivity index (χ0) is 15.9. The molecule has 1 N–H and O–H groups in total. The van der Waals surface area contributed by atoms with E-state index < -0.39 is 5.54 Å². The number of nitrogens with one attached hydrogen (secondary N) is 1. The van der Waals surface area contributed by atoms with Gasteiger partial charge in [-0.2, -0.15) is 4.98 Å². The maximum atomic E-state index is 12.6. The van der Waals surface area contributed by atoms with Crippen molar-refractivity contribution in [3.63, 3.8) is 0 Å². The average Bonchev–Trinajstić information content (AvgIpc) is 3.22. The first-order valence-corrected chi connectivity index (χ1v) is 7.29. The number of aromatic nitrogens is 3. The smallest absolute Gasteiger partial charge is 0.274 e. The van der Waals surface area contributed by atoms with Crippen molar-refractivity contribution in [1.29, 1.82) is 0 Å². The minimum Gasteiger partial charge on any atom is -0.461 e. The fourth-order valence-electron chi connectivity index (χ4n) is 2.70. The molecule has 1 aliphatic rings. The largest absolute Gasteiger partial charge is 0.461 e. The third kappa shape index (κ3) is 2.23. The molecule has 1 amide bonds. The highest BCUT2D eigenvalue weighted by atomic mass is 16.5. The van der Waals surface area contributed by atoms with Crippen LogP contribution in [-0.4, -0.2) is 21.0 Å². The minimum absolute atomic E-state index is 0.173. The van der Waals surface area contributed by atoms with E-state index in [1.165, 1.54) is 12.7 Å². The maximum absolute atomic E-state index is 12.6. The number of amides is 1. The van der Waals surface area contributed by atoms with E-state index in [2.05, 4.69) is 20.4 Å². The molecule has 1 aliphatic carbocycles. The van der Waals surface area contributed by atoms with Crippen LogP contribution in [-0.2, 0) is 5.54 Å². The van der Waals surface area contributed by atoms with E-state index >= 15 is 0 Å². The van der Waals surface area contributed by atoms with Gasteiger partial charge in [0.1, 0.15) is 5.54 Å². The first-order valence-electron chi connectivity index (χ1n) is 7.29. The van der Waals surface area contributed by atoms with Gasteiger partial charge >= 0.3 is 0 Å². The molecule has 0 aromatic carbocycles. The fourth-order valence-corrected chi connectivity index (χ4v) is 2.70. The number of oxazole rings is 1. The SMILES string of the molecule is Cc1nc(C2(NC(=O)c3ncoc3-c3ccco3)CCC2)no1. The molecule has 0 bridgehead atoms. The van der Waals surface area contributed by atoms with Gasteiger partial charge in [0.2, 0.25) is 11.7 Å². The van der Waals surface area contributed by atoms with Crippen LogP contribution in [0.5, 0.6) is 0 Å². The second-order valence-corrected chi connectivity index (χ2v) is 5.53. The molecule has 8 heteroatoms. The Hall–Kier alpha value is -2.90. The summed E-state index contributed by atoms with van der Waals surface area (Å²) in [6.45, 7) is 1.72. The molecule has 3 aromatic rings. The van der Waals surface area contributed by atoms with Crippen molar-refractivity contribution in [1.82, 2.24) is 20.4 Å². The molecule has 0 atom stereocenters. The molecule has 0 radical (unpaired) electrons. The van der Waals surface area contributed by atoms with Crippen molar-refractivity contribution in [3.05, 3.63) is 42.2 Å². The van der Waals surface area contributed by atoms with E-state index in [1.807, 2.05) is 0 Å². The van der Waals surface area contributed by atoms with Crippen LogP contribution in [0.2, 0.25) is 0 Å². The number of carbonyl (C=O) groups is 1. The summed E-state index contributed by atoms with van der Waals surface area (Å²) in [4.78, 5) is 20.9. The first-order chi connectivity index (χ1) is 11.2. The second kappa shape index (κ2) is 5.08. The maximum Gasteiger partial charge on any atom is 0.274 e. The van der Waals surface area contributed by atoms with Gasteiger partial charge in [-0.1, -0.05) is 5.16 Å². The van der Waals surface area contributed by atoms with Crippen LogP contribution in [0.25, 0.3) is 11.5 Å². The normalized spacial score (nSPS) is 16.0. The summed E-state index contributed by atoms with van der Waals surface area (Å²) in [7, 11) is 0. The van der Waals surface area contributed by atoms with Crippen LogP contribution in [0.15, 0.2) is 38.1 Å². The topological polar surface area (TPSA) is 107 Å². The van der Waals surface area contributed by atoms with E-state index in [0.29, 0.717) is 23.2 Å². The highest BCUT2D eigenvalue weighted by Gasteiger charge is 2.45. The summed E-state index contributed by atoms with van der Waals surface area (Å²) in [6, 6.07) is 3.42. The Labute approximate surface area is 130 Å². The van der Waals surface area contributed by atoms with Gasteiger partial charge in [-0.05, 0) is 31.4 Å². The molecule has 23 heavy (non-hydrogen) atoms. The minimum atomic E-state index is -0.603. The lowest BCUT2D eigenvalue weighted by Crippen LogP contribution is -2.51. The molecule has 8 nitrogen and oxygen atoms in total. The Bertz CT molecular complexity index is 829. The third-order valence-electron chi connectivity index (χ3n) is 4.04. The molecule has 118 valence electrons. The first kappa shape index (κ1) is 13.7. The number of rotatable bonds is 4.